The van der Waals surface area contributed by atoms with E-state index < -0.39 is 0 Å². The molecule has 1 aliphatic heterocycles. The Hall–Kier alpha value is -2.14. The van der Waals surface area contributed by atoms with Crippen LogP contribution >= 0.6 is 24.0 Å². The topological polar surface area (TPSA) is 62.2 Å². The van der Waals surface area contributed by atoms with Crippen molar-refractivity contribution in [2.45, 2.75) is 13.5 Å². The molecule has 2 heterocycles. The lowest BCUT2D eigenvalue weighted by Crippen LogP contribution is -2.52. The molecule has 0 radical (unpaired) electrons. The van der Waals surface area contributed by atoms with E-state index in [0.29, 0.717) is 25.6 Å². The van der Waals surface area contributed by atoms with Gasteiger partial charge in [-0.3, -0.25) is 0 Å². The molecule has 1 N–H and O–H groups in total. The summed E-state index contributed by atoms with van der Waals surface area (Å²) in [5.41, 5.74) is 2.08. The van der Waals surface area contributed by atoms with Crippen molar-refractivity contribution in [2.75, 3.05) is 57.9 Å². The van der Waals surface area contributed by atoms with Crippen molar-refractivity contribution in [2.24, 2.45) is 4.99 Å². The SMILES string of the molecule is CCNC(=NCc1ccc(OCCOC)nc1)N1CCN(c2ccc(F)cc2)CC1.I. The minimum atomic E-state index is -0.206. The zero-order valence-electron chi connectivity index (χ0n) is 18.1. The van der Waals surface area contributed by atoms with Gasteiger partial charge in [0.15, 0.2) is 5.96 Å². The van der Waals surface area contributed by atoms with E-state index >= 15 is 0 Å². The smallest absolute Gasteiger partial charge is 0.213 e. The predicted molar refractivity (Wildman–Crippen MR) is 132 cm³/mol. The molecule has 9 heteroatoms. The highest BCUT2D eigenvalue weighted by Crippen LogP contribution is 2.17. The lowest BCUT2D eigenvalue weighted by atomic mass is 10.2. The monoisotopic (exact) mass is 543 g/mol. The van der Waals surface area contributed by atoms with E-state index in [2.05, 4.69) is 27.0 Å². The molecule has 3 rings (SSSR count). The van der Waals surface area contributed by atoms with Crippen molar-refractivity contribution >= 4 is 35.6 Å². The second-order valence-electron chi connectivity index (χ2n) is 6.97. The van der Waals surface area contributed by atoms with Crippen LogP contribution in [-0.2, 0) is 11.3 Å². The highest BCUT2D eigenvalue weighted by atomic mass is 127. The number of anilines is 1. The van der Waals surface area contributed by atoms with Crippen LogP contribution in [0.4, 0.5) is 10.1 Å². The van der Waals surface area contributed by atoms with Gasteiger partial charge in [0.2, 0.25) is 5.88 Å². The number of ether oxygens (including phenoxy) is 2. The number of aromatic nitrogens is 1. The van der Waals surface area contributed by atoms with Gasteiger partial charge in [0.1, 0.15) is 12.4 Å². The lowest BCUT2D eigenvalue weighted by Gasteiger charge is -2.37. The summed E-state index contributed by atoms with van der Waals surface area (Å²) >= 11 is 0. The molecule has 0 saturated carbocycles. The molecule has 0 amide bonds. The number of nitrogens with one attached hydrogen (secondary N) is 1. The third-order valence-corrected chi connectivity index (χ3v) is 4.85. The summed E-state index contributed by atoms with van der Waals surface area (Å²) in [6, 6.07) is 10.5. The number of benzene rings is 1. The summed E-state index contributed by atoms with van der Waals surface area (Å²) in [5.74, 6) is 1.28. The average molecular weight is 543 g/mol. The van der Waals surface area contributed by atoms with E-state index in [4.69, 9.17) is 14.5 Å². The number of guanidine groups is 1. The number of hydrogen-bond acceptors (Lipinski definition) is 5. The van der Waals surface area contributed by atoms with Gasteiger partial charge in [0.25, 0.3) is 0 Å². The predicted octanol–water partition coefficient (Wildman–Crippen LogP) is 3.15. The molecule has 1 saturated heterocycles. The minimum Gasteiger partial charge on any atom is -0.475 e. The highest BCUT2D eigenvalue weighted by Gasteiger charge is 2.19. The maximum absolute atomic E-state index is 13.2. The number of nitrogens with zero attached hydrogens (tertiary/aromatic N) is 4. The Labute approximate surface area is 200 Å². The Kier molecular flexibility index (Phi) is 10.8. The van der Waals surface area contributed by atoms with E-state index in [-0.39, 0.29) is 29.8 Å². The lowest BCUT2D eigenvalue weighted by molar-refractivity contribution is 0.143. The molecule has 170 valence electrons. The Balaban J connectivity index is 0.00000341. The standard InChI is InChI=1S/C22H30FN5O2.HI/c1-3-24-22(26-17-18-4-9-21(25-16-18)30-15-14-29-2)28-12-10-27(11-13-28)20-7-5-19(23)6-8-20;/h4-9,16H,3,10-15,17H2,1-2H3,(H,24,26);1H. The number of pyridine rings is 1. The first-order valence-corrected chi connectivity index (χ1v) is 10.3. The fourth-order valence-corrected chi connectivity index (χ4v) is 3.24. The number of methoxy groups -OCH3 is 1. The normalized spacial score (nSPS) is 14.2. The highest BCUT2D eigenvalue weighted by molar-refractivity contribution is 14.0. The van der Waals surface area contributed by atoms with E-state index in [1.54, 1.807) is 13.3 Å². The molecule has 1 fully saturated rings. The molecule has 0 atom stereocenters. The van der Waals surface area contributed by atoms with Crippen LogP contribution in [0.3, 0.4) is 0 Å². The summed E-state index contributed by atoms with van der Waals surface area (Å²) in [7, 11) is 1.64. The van der Waals surface area contributed by atoms with Crippen LogP contribution < -0.4 is 15.0 Å². The minimum absolute atomic E-state index is 0. The van der Waals surface area contributed by atoms with Crippen LogP contribution in [0.15, 0.2) is 47.6 Å². The number of rotatable bonds is 8. The van der Waals surface area contributed by atoms with E-state index in [0.717, 1.165) is 49.9 Å². The van der Waals surface area contributed by atoms with E-state index in [1.165, 1.54) is 12.1 Å². The molecule has 1 aromatic heterocycles. The molecule has 0 unspecified atom stereocenters. The van der Waals surface area contributed by atoms with E-state index in [1.807, 2.05) is 24.3 Å². The van der Waals surface area contributed by atoms with Gasteiger partial charge in [-0.2, -0.15) is 0 Å². The fourth-order valence-electron chi connectivity index (χ4n) is 3.24. The van der Waals surface area contributed by atoms with Crippen molar-refractivity contribution in [1.29, 1.82) is 0 Å². The van der Waals surface area contributed by atoms with Gasteiger partial charge >= 0.3 is 0 Å². The van der Waals surface area contributed by atoms with E-state index in [9.17, 15) is 4.39 Å². The van der Waals surface area contributed by atoms with Gasteiger partial charge < -0.3 is 24.6 Å². The maximum Gasteiger partial charge on any atom is 0.213 e. The third-order valence-electron chi connectivity index (χ3n) is 4.85. The molecule has 31 heavy (non-hydrogen) atoms. The Bertz CT molecular complexity index is 797. The second-order valence-corrected chi connectivity index (χ2v) is 6.97. The van der Waals surface area contributed by atoms with Crippen LogP contribution in [-0.4, -0.2) is 68.9 Å². The second kappa shape index (κ2) is 13.3. The number of piperazine rings is 1. The zero-order valence-corrected chi connectivity index (χ0v) is 20.4. The summed E-state index contributed by atoms with van der Waals surface area (Å²) in [5, 5.41) is 3.38. The Morgan fingerprint density at radius 3 is 2.45 bits per heavy atom. The maximum atomic E-state index is 13.2. The Morgan fingerprint density at radius 1 is 1.10 bits per heavy atom. The molecule has 7 nitrogen and oxygen atoms in total. The molecule has 0 bridgehead atoms. The van der Waals surface area contributed by atoms with Crippen molar-refractivity contribution in [3.63, 3.8) is 0 Å². The van der Waals surface area contributed by atoms with Crippen LogP contribution in [0.1, 0.15) is 12.5 Å². The molecule has 1 aromatic carbocycles. The quantitative estimate of drug-likeness (QED) is 0.239. The summed E-state index contributed by atoms with van der Waals surface area (Å²) < 4.78 is 23.6. The van der Waals surface area contributed by atoms with Gasteiger partial charge in [-0.1, -0.05) is 6.07 Å². The van der Waals surface area contributed by atoms with Crippen LogP contribution in [0.25, 0.3) is 0 Å². The molecule has 2 aromatic rings. The molecular formula is C22H31FIN5O2. The number of hydrogen-bond donors (Lipinski definition) is 1. The van der Waals surface area contributed by atoms with Gasteiger partial charge in [0, 0.05) is 57.8 Å². The first kappa shape index (κ1) is 25.1. The molecular weight excluding hydrogens is 512 g/mol. The zero-order chi connectivity index (χ0) is 21.2. The van der Waals surface area contributed by atoms with Crippen LogP contribution in [0.5, 0.6) is 5.88 Å². The van der Waals surface area contributed by atoms with Gasteiger partial charge in [-0.05, 0) is 36.8 Å². The van der Waals surface area contributed by atoms with Crippen LogP contribution in [0, 0.1) is 5.82 Å². The fraction of sp³-hybridized carbons (Fsp3) is 0.455. The molecule has 0 spiro atoms. The average Bonchev–Trinajstić information content (AvgIpc) is 2.78. The van der Waals surface area contributed by atoms with Crippen molar-refractivity contribution in [3.8, 4) is 5.88 Å². The van der Waals surface area contributed by atoms with Crippen molar-refractivity contribution in [1.82, 2.24) is 15.2 Å². The summed E-state index contributed by atoms with van der Waals surface area (Å²) in [6.07, 6.45) is 1.79. The first-order chi connectivity index (χ1) is 14.7. The number of halogens is 2. The van der Waals surface area contributed by atoms with Gasteiger partial charge in [-0.25, -0.2) is 14.4 Å². The molecule has 1 aliphatic rings. The van der Waals surface area contributed by atoms with Crippen molar-refractivity contribution < 1.29 is 13.9 Å². The van der Waals surface area contributed by atoms with Crippen LogP contribution in [0.2, 0.25) is 0 Å². The summed E-state index contributed by atoms with van der Waals surface area (Å²) in [4.78, 5) is 13.6. The number of aliphatic imine (C=N–C) groups is 1. The largest absolute Gasteiger partial charge is 0.475 e. The van der Waals surface area contributed by atoms with Gasteiger partial charge in [0.05, 0.1) is 13.2 Å². The first-order valence-electron chi connectivity index (χ1n) is 10.3. The third kappa shape index (κ3) is 7.80. The molecule has 0 aliphatic carbocycles. The summed E-state index contributed by atoms with van der Waals surface area (Å²) in [6.45, 7) is 7.88. The Morgan fingerprint density at radius 2 is 1.84 bits per heavy atom. The van der Waals surface area contributed by atoms with Crippen molar-refractivity contribution in [3.05, 3.63) is 54.0 Å². The van der Waals surface area contributed by atoms with Gasteiger partial charge in [-0.15, -0.1) is 24.0 Å².